The number of rotatable bonds is 4. The normalized spacial score (nSPS) is 12.1. The summed E-state index contributed by atoms with van der Waals surface area (Å²) >= 11 is 0. The fourth-order valence-electron chi connectivity index (χ4n) is 1.97. The standard InChI is InChI=1S/C14H11F6N3O2/c1-8-6-11(13(15,16)17)23(22-8)7-12(24)21-9-2-4-10(5-3-9)25-14(18,19)20/h2-6H,7H2,1H3,(H,21,24). The van der Waals surface area contributed by atoms with Gasteiger partial charge in [-0.1, -0.05) is 0 Å². The molecule has 2 rings (SSSR count). The molecule has 0 aliphatic heterocycles. The summed E-state index contributed by atoms with van der Waals surface area (Å²) in [5.41, 5.74) is -0.889. The van der Waals surface area contributed by atoms with Gasteiger partial charge in [0, 0.05) is 5.69 Å². The maximum absolute atomic E-state index is 12.8. The van der Waals surface area contributed by atoms with E-state index in [1.54, 1.807) is 0 Å². The van der Waals surface area contributed by atoms with Gasteiger partial charge in [-0.05, 0) is 37.3 Å². The molecular weight excluding hydrogens is 356 g/mol. The largest absolute Gasteiger partial charge is 0.573 e. The highest BCUT2D eigenvalue weighted by molar-refractivity contribution is 5.90. The second kappa shape index (κ2) is 6.65. The number of hydrogen-bond donors (Lipinski definition) is 1. The highest BCUT2D eigenvalue weighted by Crippen LogP contribution is 2.29. The number of ether oxygens (including phenoxy) is 1. The van der Waals surface area contributed by atoms with Gasteiger partial charge < -0.3 is 10.1 Å². The molecule has 1 N–H and O–H groups in total. The van der Waals surface area contributed by atoms with Crippen molar-refractivity contribution in [3.8, 4) is 5.75 Å². The average Bonchev–Trinajstić information content (AvgIpc) is 2.80. The summed E-state index contributed by atoms with van der Waals surface area (Å²) in [5, 5.41) is 5.87. The van der Waals surface area contributed by atoms with Crippen LogP contribution in [0.5, 0.6) is 5.75 Å². The number of anilines is 1. The first-order chi connectivity index (χ1) is 11.4. The number of halogens is 6. The lowest BCUT2D eigenvalue weighted by Gasteiger charge is -2.11. The van der Waals surface area contributed by atoms with E-state index >= 15 is 0 Å². The third-order valence-electron chi connectivity index (χ3n) is 2.86. The second-order valence-electron chi connectivity index (χ2n) is 4.95. The molecule has 1 amide bonds. The average molecular weight is 367 g/mol. The minimum Gasteiger partial charge on any atom is -0.406 e. The Labute approximate surface area is 137 Å². The summed E-state index contributed by atoms with van der Waals surface area (Å²) in [7, 11) is 0. The first-order valence-electron chi connectivity index (χ1n) is 6.71. The number of alkyl halides is 6. The van der Waals surface area contributed by atoms with E-state index in [1.807, 2.05) is 0 Å². The minimum absolute atomic E-state index is 0.0915. The number of amides is 1. The van der Waals surface area contributed by atoms with E-state index in [0.29, 0.717) is 4.68 Å². The molecule has 0 fully saturated rings. The van der Waals surface area contributed by atoms with Gasteiger partial charge in [-0.3, -0.25) is 9.48 Å². The lowest BCUT2D eigenvalue weighted by Crippen LogP contribution is -2.23. The molecular formula is C14H11F6N3O2. The predicted octanol–water partition coefficient (Wildman–Crippen LogP) is 3.75. The van der Waals surface area contributed by atoms with Crippen molar-refractivity contribution in [2.45, 2.75) is 26.0 Å². The van der Waals surface area contributed by atoms with Gasteiger partial charge in [0.2, 0.25) is 5.91 Å². The molecule has 136 valence electrons. The molecule has 0 aliphatic carbocycles. The SMILES string of the molecule is Cc1cc(C(F)(F)F)n(CC(=O)Nc2ccc(OC(F)(F)F)cc2)n1. The van der Waals surface area contributed by atoms with E-state index in [-0.39, 0.29) is 11.4 Å². The molecule has 0 bridgehead atoms. The Hall–Kier alpha value is -2.72. The first-order valence-corrected chi connectivity index (χ1v) is 6.71. The monoisotopic (exact) mass is 367 g/mol. The number of nitrogens with zero attached hydrogens (tertiary/aromatic N) is 2. The summed E-state index contributed by atoms with van der Waals surface area (Å²) < 4.78 is 78.7. The molecule has 0 aliphatic rings. The number of hydrogen-bond acceptors (Lipinski definition) is 3. The quantitative estimate of drug-likeness (QED) is 0.838. The van der Waals surface area contributed by atoms with E-state index in [1.165, 1.54) is 6.92 Å². The van der Waals surface area contributed by atoms with Crippen molar-refractivity contribution in [1.82, 2.24) is 9.78 Å². The van der Waals surface area contributed by atoms with Gasteiger partial charge in [-0.15, -0.1) is 13.2 Å². The lowest BCUT2D eigenvalue weighted by atomic mass is 10.3. The van der Waals surface area contributed by atoms with E-state index in [4.69, 9.17) is 0 Å². The molecule has 2 aromatic rings. The number of benzene rings is 1. The molecule has 0 unspecified atom stereocenters. The maximum Gasteiger partial charge on any atom is 0.573 e. The molecule has 0 saturated carbocycles. The van der Waals surface area contributed by atoms with E-state index < -0.39 is 36.4 Å². The molecule has 0 radical (unpaired) electrons. The second-order valence-corrected chi connectivity index (χ2v) is 4.95. The van der Waals surface area contributed by atoms with Crippen molar-refractivity contribution >= 4 is 11.6 Å². The third kappa shape index (κ3) is 5.40. The molecule has 0 saturated heterocycles. The number of aryl methyl sites for hydroxylation is 1. The van der Waals surface area contributed by atoms with Crippen molar-refractivity contribution in [3.63, 3.8) is 0 Å². The van der Waals surface area contributed by atoms with E-state index in [9.17, 15) is 31.1 Å². The van der Waals surface area contributed by atoms with Crippen molar-refractivity contribution in [2.24, 2.45) is 0 Å². The van der Waals surface area contributed by atoms with Crippen LogP contribution < -0.4 is 10.1 Å². The van der Waals surface area contributed by atoms with Gasteiger partial charge in [0.05, 0.1) is 5.69 Å². The summed E-state index contributed by atoms with van der Waals surface area (Å²) in [6.45, 7) is 0.645. The molecule has 1 aromatic heterocycles. The molecule has 25 heavy (non-hydrogen) atoms. The third-order valence-corrected chi connectivity index (χ3v) is 2.86. The molecule has 5 nitrogen and oxygen atoms in total. The van der Waals surface area contributed by atoms with Crippen LogP contribution in [0.4, 0.5) is 32.0 Å². The van der Waals surface area contributed by atoms with Gasteiger partial charge in [0.25, 0.3) is 0 Å². The number of nitrogens with one attached hydrogen (secondary N) is 1. The Balaban J connectivity index is 2.04. The van der Waals surface area contributed by atoms with Crippen LogP contribution in [0.3, 0.4) is 0 Å². The van der Waals surface area contributed by atoms with Crippen LogP contribution in [0.1, 0.15) is 11.4 Å². The van der Waals surface area contributed by atoms with Crippen molar-refractivity contribution in [1.29, 1.82) is 0 Å². The van der Waals surface area contributed by atoms with Crippen LogP contribution in [0.15, 0.2) is 30.3 Å². The van der Waals surface area contributed by atoms with E-state index in [2.05, 4.69) is 15.2 Å². The first kappa shape index (κ1) is 18.6. The Bertz CT molecular complexity index is 749. The fourth-order valence-corrected chi connectivity index (χ4v) is 1.97. The maximum atomic E-state index is 12.8. The predicted molar refractivity (Wildman–Crippen MR) is 73.7 cm³/mol. The Morgan fingerprint density at radius 2 is 1.76 bits per heavy atom. The zero-order valence-electron chi connectivity index (χ0n) is 12.6. The summed E-state index contributed by atoms with van der Waals surface area (Å²) in [6.07, 6.45) is -9.52. The molecule has 0 atom stereocenters. The van der Waals surface area contributed by atoms with Gasteiger partial charge in [0.1, 0.15) is 18.0 Å². The molecule has 11 heteroatoms. The number of aromatic nitrogens is 2. The van der Waals surface area contributed by atoms with Gasteiger partial charge in [-0.25, -0.2) is 0 Å². The van der Waals surface area contributed by atoms with Crippen LogP contribution in [0, 0.1) is 6.92 Å². The van der Waals surface area contributed by atoms with Crippen LogP contribution in [0.25, 0.3) is 0 Å². The molecule has 1 heterocycles. The smallest absolute Gasteiger partial charge is 0.406 e. The minimum atomic E-state index is -4.85. The van der Waals surface area contributed by atoms with Gasteiger partial charge in [0.15, 0.2) is 0 Å². The Kier molecular flexibility index (Phi) is 4.95. The van der Waals surface area contributed by atoms with Crippen LogP contribution in [-0.4, -0.2) is 22.1 Å². The lowest BCUT2D eigenvalue weighted by molar-refractivity contribution is -0.274. The van der Waals surface area contributed by atoms with Crippen molar-refractivity contribution in [2.75, 3.05) is 5.32 Å². The Morgan fingerprint density at radius 3 is 2.28 bits per heavy atom. The number of carbonyl (C=O) groups excluding carboxylic acids is 1. The van der Waals surface area contributed by atoms with Crippen molar-refractivity contribution < 1.29 is 35.9 Å². The molecule has 1 aromatic carbocycles. The zero-order chi connectivity index (χ0) is 18.8. The van der Waals surface area contributed by atoms with Gasteiger partial charge >= 0.3 is 12.5 Å². The van der Waals surface area contributed by atoms with Gasteiger partial charge in [-0.2, -0.15) is 18.3 Å². The summed E-state index contributed by atoms with van der Waals surface area (Å²) in [6, 6.07) is 4.97. The van der Waals surface area contributed by atoms with Crippen molar-refractivity contribution in [3.05, 3.63) is 41.7 Å². The topological polar surface area (TPSA) is 56.2 Å². The highest BCUT2D eigenvalue weighted by atomic mass is 19.4. The summed E-state index contributed by atoms with van der Waals surface area (Å²) in [5.74, 6) is -1.31. The van der Waals surface area contributed by atoms with Crippen LogP contribution in [0.2, 0.25) is 0 Å². The van der Waals surface area contributed by atoms with Crippen LogP contribution >= 0.6 is 0 Å². The fraction of sp³-hybridized carbons (Fsp3) is 0.286. The number of carbonyl (C=O) groups is 1. The summed E-state index contributed by atoms with van der Waals surface area (Å²) in [4.78, 5) is 11.8. The van der Waals surface area contributed by atoms with Crippen LogP contribution in [-0.2, 0) is 17.5 Å². The zero-order valence-corrected chi connectivity index (χ0v) is 12.6. The molecule has 0 spiro atoms. The van der Waals surface area contributed by atoms with E-state index in [0.717, 1.165) is 30.3 Å². The highest BCUT2D eigenvalue weighted by Gasteiger charge is 2.35. The Morgan fingerprint density at radius 1 is 1.16 bits per heavy atom.